The molecular formula is C13H11ClFN3O. The molecule has 0 saturated heterocycles. The van der Waals surface area contributed by atoms with E-state index in [2.05, 4.69) is 10.3 Å². The lowest BCUT2D eigenvalue weighted by molar-refractivity contribution is 0.102. The minimum atomic E-state index is -0.466. The zero-order chi connectivity index (χ0) is 14.0. The van der Waals surface area contributed by atoms with Gasteiger partial charge in [0, 0.05) is 11.3 Å². The van der Waals surface area contributed by atoms with E-state index in [1.165, 1.54) is 18.2 Å². The number of carbonyl (C=O) groups excluding carboxylic acids is 1. The van der Waals surface area contributed by atoms with Gasteiger partial charge in [-0.05, 0) is 37.3 Å². The van der Waals surface area contributed by atoms with Gasteiger partial charge in [-0.1, -0.05) is 11.6 Å². The highest BCUT2D eigenvalue weighted by atomic mass is 35.5. The third-order valence-corrected chi connectivity index (χ3v) is 2.73. The Morgan fingerprint density at radius 1 is 1.37 bits per heavy atom. The molecule has 0 spiro atoms. The number of aryl methyl sites for hydroxylation is 1. The summed E-state index contributed by atoms with van der Waals surface area (Å²) in [7, 11) is 0. The molecule has 0 aliphatic heterocycles. The van der Waals surface area contributed by atoms with Crippen molar-refractivity contribution in [1.82, 2.24) is 4.98 Å². The maximum atomic E-state index is 12.9. The molecule has 0 fully saturated rings. The summed E-state index contributed by atoms with van der Waals surface area (Å²) in [4.78, 5) is 16.0. The molecule has 1 amide bonds. The van der Waals surface area contributed by atoms with E-state index < -0.39 is 5.82 Å². The van der Waals surface area contributed by atoms with E-state index >= 15 is 0 Å². The Kier molecular flexibility index (Phi) is 3.66. The first-order valence-corrected chi connectivity index (χ1v) is 5.84. The molecule has 2 rings (SSSR count). The van der Waals surface area contributed by atoms with E-state index in [0.29, 0.717) is 16.9 Å². The molecule has 0 radical (unpaired) electrons. The Labute approximate surface area is 114 Å². The Morgan fingerprint density at radius 2 is 2.11 bits per heavy atom. The van der Waals surface area contributed by atoms with Gasteiger partial charge in [0.2, 0.25) is 0 Å². The van der Waals surface area contributed by atoms with E-state index in [4.69, 9.17) is 17.3 Å². The van der Waals surface area contributed by atoms with Crippen molar-refractivity contribution < 1.29 is 9.18 Å². The third kappa shape index (κ3) is 3.20. The molecule has 6 heteroatoms. The second kappa shape index (κ2) is 5.24. The lowest BCUT2D eigenvalue weighted by Crippen LogP contribution is -2.13. The fourth-order valence-electron chi connectivity index (χ4n) is 1.61. The number of nitrogens with two attached hydrogens (primary N) is 1. The first kappa shape index (κ1) is 13.3. The van der Waals surface area contributed by atoms with Gasteiger partial charge in [0.1, 0.15) is 11.6 Å². The van der Waals surface area contributed by atoms with Crippen LogP contribution in [-0.4, -0.2) is 10.9 Å². The quantitative estimate of drug-likeness (QED) is 0.888. The summed E-state index contributed by atoms with van der Waals surface area (Å²) in [6.07, 6.45) is 0. The van der Waals surface area contributed by atoms with Crippen LogP contribution in [0, 0.1) is 12.7 Å². The normalized spacial score (nSPS) is 10.3. The lowest BCUT2D eigenvalue weighted by atomic mass is 10.2. The number of nitrogens with zero attached hydrogens (tertiary/aromatic N) is 1. The highest BCUT2D eigenvalue weighted by molar-refractivity contribution is 6.33. The summed E-state index contributed by atoms with van der Waals surface area (Å²) in [5.41, 5.74) is 6.91. The van der Waals surface area contributed by atoms with Gasteiger partial charge >= 0.3 is 0 Å². The van der Waals surface area contributed by atoms with Gasteiger partial charge in [-0.3, -0.25) is 4.79 Å². The van der Waals surface area contributed by atoms with Crippen molar-refractivity contribution in [3.8, 4) is 0 Å². The molecule has 0 unspecified atom stereocenters. The van der Waals surface area contributed by atoms with Crippen LogP contribution >= 0.6 is 11.6 Å². The molecule has 4 nitrogen and oxygen atoms in total. The fraction of sp³-hybridized carbons (Fsp3) is 0.0769. The number of pyridine rings is 1. The van der Waals surface area contributed by atoms with Crippen LogP contribution in [0.15, 0.2) is 30.3 Å². The number of benzene rings is 1. The van der Waals surface area contributed by atoms with Crippen LogP contribution < -0.4 is 11.1 Å². The molecule has 1 heterocycles. The van der Waals surface area contributed by atoms with Gasteiger partial charge in [0.25, 0.3) is 5.91 Å². The van der Waals surface area contributed by atoms with Crippen LogP contribution in [-0.2, 0) is 0 Å². The van der Waals surface area contributed by atoms with Gasteiger partial charge in [-0.25, -0.2) is 9.37 Å². The summed E-state index contributed by atoms with van der Waals surface area (Å²) < 4.78 is 12.9. The molecule has 1 aromatic heterocycles. The lowest BCUT2D eigenvalue weighted by Gasteiger charge is -2.08. The van der Waals surface area contributed by atoms with Gasteiger partial charge in [-0.15, -0.1) is 0 Å². The molecule has 0 bridgehead atoms. The van der Waals surface area contributed by atoms with Gasteiger partial charge in [0.05, 0.1) is 10.7 Å². The van der Waals surface area contributed by atoms with Crippen molar-refractivity contribution in [3.63, 3.8) is 0 Å². The zero-order valence-electron chi connectivity index (χ0n) is 10.1. The topological polar surface area (TPSA) is 68.0 Å². The average Bonchev–Trinajstić information content (AvgIpc) is 2.31. The molecule has 0 saturated carbocycles. The standard InChI is InChI=1S/C13H11ClFN3O/c1-7-4-8(5-12(16)17-7)13(19)18-11-3-2-9(15)6-10(11)14/h2-6H,1H3,(H2,16,17)(H,18,19). The number of halogens is 2. The second-order valence-electron chi connectivity index (χ2n) is 4.00. The van der Waals surface area contributed by atoms with Crippen LogP contribution in [0.3, 0.4) is 0 Å². The first-order chi connectivity index (χ1) is 8.95. The van der Waals surface area contributed by atoms with Crippen LogP contribution in [0.25, 0.3) is 0 Å². The minimum Gasteiger partial charge on any atom is -0.384 e. The Balaban J connectivity index is 2.25. The van der Waals surface area contributed by atoms with E-state index in [1.807, 2.05) is 0 Å². The maximum Gasteiger partial charge on any atom is 0.255 e. The average molecular weight is 280 g/mol. The number of hydrogen-bond donors (Lipinski definition) is 2. The second-order valence-corrected chi connectivity index (χ2v) is 4.41. The molecule has 1 aromatic carbocycles. The SMILES string of the molecule is Cc1cc(C(=O)Nc2ccc(F)cc2Cl)cc(N)n1. The van der Waals surface area contributed by atoms with Gasteiger partial charge < -0.3 is 11.1 Å². The van der Waals surface area contributed by atoms with Crippen molar-refractivity contribution in [2.45, 2.75) is 6.92 Å². The number of aromatic nitrogens is 1. The van der Waals surface area contributed by atoms with E-state index in [1.54, 1.807) is 13.0 Å². The molecule has 98 valence electrons. The predicted octanol–water partition coefficient (Wildman–Crippen LogP) is 3.02. The Hall–Kier alpha value is -2.14. The third-order valence-electron chi connectivity index (χ3n) is 2.41. The summed E-state index contributed by atoms with van der Waals surface area (Å²) in [5.74, 6) is -0.590. The van der Waals surface area contributed by atoms with Crippen LogP contribution in [0.2, 0.25) is 5.02 Å². The molecule has 2 aromatic rings. The molecular weight excluding hydrogens is 269 g/mol. The highest BCUT2D eigenvalue weighted by Gasteiger charge is 2.10. The highest BCUT2D eigenvalue weighted by Crippen LogP contribution is 2.23. The number of nitrogen functional groups attached to an aromatic ring is 1. The Morgan fingerprint density at radius 3 is 2.74 bits per heavy atom. The Bertz CT molecular complexity index is 626. The van der Waals surface area contributed by atoms with Crippen molar-refractivity contribution in [2.24, 2.45) is 0 Å². The van der Waals surface area contributed by atoms with Crippen molar-refractivity contribution in [2.75, 3.05) is 11.1 Å². The van der Waals surface area contributed by atoms with Crippen molar-refractivity contribution >= 4 is 29.0 Å². The van der Waals surface area contributed by atoms with E-state index in [-0.39, 0.29) is 16.7 Å². The number of rotatable bonds is 2. The van der Waals surface area contributed by atoms with Crippen LogP contribution in [0.1, 0.15) is 16.1 Å². The number of amides is 1. The number of carbonyl (C=O) groups is 1. The van der Waals surface area contributed by atoms with Crippen LogP contribution in [0.4, 0.5) is 15.9 Å². The monoisotopic (exact) mass is 279 g/mol. The number of hydrogen-bond acceptors (Lipinski definition) is 3. The maximum absolute atomic E-state index is 12.9. The van der Waals surface area contributed by atoms with Crippen molar-refractivity contribution in [1.29, 1.82) is 0 Å². The van der Waals surface area contributed by atoms with Gasteiger partial charge in [0.15, 0.2) is 0 Å². The first-order valence-electron chi connectivity index (χ1n) is 5.46. The molecule has 0 atom stereocenters. The summed E-state index contributed by atoms with van der Waals surface area (Å²) in [5, 5.41) is 2.72. The molecule has 0 aliphatic rings. The molecule has 0 aliphatic carbocycles. The predicted molar refractivity (Wildman–Crippen MR) is 72.7 cm³/mol. The summed E-state index contributed by atoms with van der Waals surface area (Å²) in [6.45, 7) is 1.73. The van der Waals surface area contributed by atoms with E-state index in [9.17, 15) is 9.18 Å². The zero-order valence-corrected chi connectivity index (χ0v) is 10.8. The van der Waals surface area contributed by atoms with Crippen molar-refractivity contribution in [3.05, 3.63) is 52.4 Å². The number of anilines is 2. The number of nitrogens with one attached hydrogen (secondary N) is 1. The smallest absolute Gasteiger partial charge is 0.255 e. The summed E-state index contributed by atoms with van der Waals surface area (Å²) in [6, 6.07) is 6.80. The molecule has 3 N–H and O–H groups in total. The molecule has 19 heavy (non-hydrogen) atoms. The summed E-state index contributed by atoms with van der Waals surface area (Å²) >= 11 is 5.83. The fourth-order valence-corrected chi connectivity index (χ4v) is 1.83. The minimum absolute atomic E-state index is 0.132. The van der Waals surface area contributed by atoms with Gasteiger partial charge in [-0.2, -0.15) is 0 Å². The van der Waals surface area contributed by atoms with E-state index in [0.717, 1.165) is 6.07 Å². The van der Waals surface area contributed by atoms with Crippen LogP contribution in [0.5, 0.6) is 0 Å². The largest absolute Gasteiger partial charge is 0.384 e.